The van der Waals surface area contributed by atoms with Crippen LogP contribution in [0.25, 0.3) is 0 Å². The van der Waals surface area contributed by atoms with Gasteiger partial charge in [-0.15, -0.1) is 0 Å². The van der Waals surface area contributed by atoms with Crippen molar-refractivity contribution in [2.75, 3.05) is 6.61 Å². The van der Waals surface area contributed by atoms with Crippen molar-refractivity contribution in [2.45, 2.75) is 29.8 Å². The van der Waals surface area contributed by atoms with Crippen LogP contribution in [-0.4, -0.2) is 66.1 Å². The molecular formula is C10H15N3O6. The zero-order valence-electron chi connectivity index (χ0n) is 9.79. The lowest BCUT2D eigenvalue weighted by Crippen LogP contribution is -2.75. The molecule has 0 aliphatic carbocycles. The van der Waals surface area contributed by atoms with Gasteiger partial charge in [0.25, 0.3) is 5.79 Å². The summed E-state index contributed by atoms with van der Waals surface area (Å²) in [6.45, 7) is -0.734. The van der Waals surface area contributed by atoms with Crippen LogP contribution < -0.4 is 5.73 Å². The molecule has 5 unspecified atom stereocenters. The van der Waals surface area contributed by atoms with E-state index in [1.165, 1.54) is 18.5 Å². The van der Waals surface area contributed by atoms with Gasteiger partial charge in [0.2, 0.25) is 0 Å². The molecule has 0 amide bonds. The smallest absolute Gasteiger partial charge is 0.259 e. The Kier molecular flexibility index (Phi) is 3.53. The molecule has 19 heavy (non-hydrogen) atoms. The maximum absolute atomic E-state index is 10.3. The first-order valence-corrected chi connectivity index (χ1v) is 5.50. The van der Waals surface area contributed by atoms with E-state index in [2.05, 4.69) is 9.97 Å². The molecule has 9 heteroatoms. The molecule has 9 nitrogen and oxygen atoms in total. The SMILES string of the molecule is NC1(O)C(O)C(CO)OC(O)(c2ncccn2)C1O. The summed E-state index contributed by atoms with van der Waals surface area (Å²) in [6, 6.07) is 1.47. The number of aliphatic hydroxyl groups is 5. The Morgan fingerprint density at radius 1 is 1.26 bits per heavy atom. The second kappa shape index (κ2) is 4.72. The van der Waals surface area contributed by atoms with E-state index in [1.54, 1.807) is 0 Å². The third-order valence-corrected chi connectivity index (χ3v) is 3.03. The predicted octanol–water partition coefficient (Wildman–Crippen LogP) is -3.62. The number of aliphatic hydroxyl groups excluding tert-OH is 3. The van der Waals surface area contributed by atoms with Gasteiger partial charge in [-0.05, 0) is 6.07 Å². The van der Waals surface area contributed by atoms with Crippen LogP contribution in [0.3, 0.4) is 0 Å². The Bertz CT molecular complexity index is 444. The largest absolute Gasteiger partial charge is 0.394 e. The van der Waals surface area contributed by atoms with Crippen LogP contribution in [0.15, 0.2) is 18.5 Å². The van der Waals surface area contributed by atoms with E-state index in [1.807, 2.05) is 0 Å². The van der Waals surface area contributed by atoms with E-state index in [-0.39, 0.29) is 5.82 Å². The first kappa shape index (κ1) is 14.2. The van der Waals surface area contributed by atoms with E-state index in [0.717, 1.165) is 0 Å². The normalized spacial score (nSPS) is 43.2. The number of nitrogens with zero attached hydrogens (tertiary/aromatic N) is 2. The summed E-state index contributed by atoms with van der Waals surface area (Å²) in [5, 5.41) is 48.9. The molecule has 1 aliphatic rings. The summed E-state index contributed by atoms with van der Waals surface area (Å²) in [6.07, 6.45) is -2.75. The number of rotatable bonds is 2. The third kappa shape index (κ3) is 2.11. The fourth-order valence-corrected chi connectivity index (χ4v) is 1.93. The first-order valence-electron chi connectivity index (χ1n) is 5.50. The fourth-order valence-electron chi connectivity index (χ4n) is 1.93. The molecule has 2 heterocycles. The minimum atomic E-state index is -2.60. The summed E-state index contributed by atoms with van der Waals surface area (Å²) in [5.41, 5.74) is 2.80. The Morgan fingerprint density at radius 3 is 2.37 bits per heavy atom. The molecule has 1 aliphatic heterocycles. The van der Waals surface area contributed by atoms with Crippen molar-refractivity contribution in [1.82, 2.24) is 9.97 Å². The summed E-state index contributed by atoms with van der Waals surface area (Å²) in [5.74, 6) is -2.89. The molecule has 0 saturated carbocycles. The van der Waals surface area contributed by atoms with E-state index >= 15 is 0 Å². The molecule has 0 radical (unpaired) electrons. The summed E-state index contributed by atoms with van der Waals surface area (Å²) in [7, 11) is 0. The van der Waals surface area contributed by atoms with Crippen LogP contribution in [0, 0.1) is 0 Å². The van der Waals surface area contributed by atoms with Crippen LogP contribution in [0.1, 0.15) is 5.82 Å². The van der Waals surface area contributed by atoms with E-state index in [9.17, 15) is 20.4 Å². The Labute approximate surface area is 107 Å². The second-order valence-corrected chi connectivity index (χ2v) is 4.34. The highest BCUT2D eigenvalue weighted by Crippen LogP contribution is 2.37. The van der Waals surface area contributed by atoms with Gasteiger partial charge < -0.3 is 30.3 Å². The molecule has 1 fully saturated rings. The summed E-state index contributed by atoms with van der Waals surface area (Å²) in [4.78, 5) is 7.42. The molecule has 1 aromatic rings. The molecule has 1 aromatic heterocycles. The zero-order chi connectivity index (χ0) is 14.3. The van der Waals surface area contributed by atoms with Crippen LogP contribution in [0.5, 0.6) is 0 Å². The molecule has 7 N–H and O–H groups in total. The minimum absolute atomic E-state index is 0.350. The average Bonchev–Trinajstić information content (AvgIpc) is 2.42. The molecule has 0 aromatic carbocycles. The zero-order valence-corrected chi connectivity index (χ0v) is 9.79. The van der Waals surface area contributed by atoms with Crippen molar-refractivity contribution in [3.05, 3.63) is 24.3 Å². The van der Waals surface area contributed by atoms with Gasteiger partial charge in [-0.3, -0.25) is 5.73 Å². The first-order chi connectivity index (χ1) is 8.84. The van der Waals surface area contributed by atoms with Crippen molar-refractivity contribution in [3.8, 4) is 0 Å². The molecule has 5 atom stereocenters. The number of ether oxygens (including phenoxy) is 1. The van der Waals surface area contributed by atoms with E-state index in [0.29, 0.717) is 0 Å². The fraction of sp³-hybridized carbons (Fsp3) is 0.600. The monoisotopic (exact) mass is 273 g/mol. The number of aromatic nitrogens is 2. The van der Waals surface area contributed by atoms with Crippen LogP contribution in [0.4, 0.5) is 0 Å². The Balaban J connectivity index is 2.45. The number of nitrogens with two attached hydrogens (primary N) is 1. The number of hydrogen-bond donors (Lipinski definition) is 6. The van der Waals surface area contributed by atoms with E-state index in [4.69, 9.17) is 15.6 Å². The van der Waals surface area contributed by atoms with Gasteiger partial charge in [-0.1, -0.05) is 0 Å². The standard InChI is InChI=1S/C10H15N3O6/c11-9(17)6(15)5(4-14)19-10(18,7(9)16)8-12-2-1-3-13-8/h1-3,5-7,14-18H,4,11H2. The Hall–Kier alpha value is -1.20. The Morgan fingerprint density at radius 2 is 1.84 bits per heavy atom. The maximum Gasteiger partial charge on any atom is 0.259 e. The highest BCUT2D eigenvalue weighted by Gasteiger charge is 2.61. The van der Waals surface area contributed by atoms with Crippen molar-refractivity contribution in [1.29, 1.82) is 0 Å². The molecule has 0 spiro atoms. The van der Waals surface area contributed by atoms with Gasteiger partial charge in [0, 0.05) is 12.4 Å². The van der Waals surface area contributed by atoms with Gasteiger partial charge in [-0.25, -0.2) is 9.97 Å². The van der Waals surface area contributed by atoms with Gasteiger partial charge in [0.15, 0.2) is 17.7 Å². The molecule has 0 bridgehead atoms. The predicted molar refractivity (Wildman–Crippen MR) is 59.0 cm³/mol. The quantitative estimate of drug-likeness (QED) is 0.299. The van der Waals surface area contributed by atoms with Gasteiger partial charge in [0.05, 0.1) is 6.61 Å². The summed E-state index contributed by atoms with van der Waals surface area (Å²) < 4.78 is 5.01. The maximum atomic E-state index is 10.3. The van der Waals surface area contributed by atoms with Crippen molar-refractivity contribution < 1.29 is 30.3 Å². The highest BCUT2D eigenvalue weighted by molar-refractivity contribution is 5.11. The molecule has 1 saturated heterocycles. The highest BCUT2D eigenvalue weighted by atomic mass is 16.7. The third-order valence-electron chi connectivity index (χ3n) is 3.03. The molecule has 106 valence electrons. The topological polar surface area (TPSA) is 162 Å². The molecular weight excluding hydrogens is 258 g/mol. The molecule has 2 rings (SSSR count). The average molecular weight is 273 g/mol. The number of hydrogen-bond acceptors (Lipinski definition) is 9. The second-order valence-electron chi connectivity index (χ2n) is 4.34. The van der Waals surface area contributed by atoms with Crippen LogP contribution >= 0.6 is 0 Å². The van der Waals surface area contributed by atoms with Gasteiger partial charge in [-0.2, -0.15) is 0 Å². The van der Waals surface area contributed by atoms with Gasteiger partial charge >= 0.3 is 0 Å². The lowest BCUT2D eigenvalue weighted by Gasteiger charge is -2.49. The van der Waals surface area contributed by atoms with Crippen molar-refractivity contribution in [2.24, 2.45) is 5.73 Å². The van der Waals surface area contributed by atoms with Gasteiger partial charge in [0.1, 0.15) is 12.2 Å². The van der Waals surface area contributed by atoms with Crippen LogP contribution in [-0.2, 0) is 10.5 Å². The minimum Gasteiger partial charge on any atom is -0.394 e. The van der Waals surface area contributed by atoms with Crippen LogP contribution in [0.2, 0.25) is 0 Å². The van der Waals surface area contributed by atoms with E-state index < -0.39 is 36.4 Å². The lowest BCUT2D eigenvalue weighted by atomic mass is 9.87. The van der Waals surface area contributed by atoms with Crippen molar-refractivity contribution in [3.63, 3.8) is 0 Å². The van der Waals surface area contributed by atoms with Crippen molar-refractivity contribution >= 4 is 0 Å². The summed E-state index contributed by atoms with van der Waals surface area (Å²) >= 11 is 0. The lowest BCUT2D eigenvalue weighted by molar-refractivity contribution is -0.385.